The SMILES string of the molecule is C=C(/C=C/C=C/C=C1\N(CC)c2ccc(S(=O)(=O)O)cc2C1(C)C)C(C)(C)c1cc(S(=O)(=O)O)ccc1C. The van der Waals surface area contributed by atoms with Gasteiger partial charge in [0, 0.05) is 28.8 Å². The number of hydrogen-bond donors (Lipinski definition) is 2. The normalized spacial score (nSPS) is 17.1. The van der Waals surface area contributed by atoms with E-state index in [1.165, 1.54) is 24.3 Å². The molecule has 0 amide bonds. The minimum atomic E-state index is -4.32. The molecular formula is C29H35NO6S2. The lowest BCUT2D eigenvalue weighted by Crippen LogP contribution is -2.25. The smallest absolute Gasteiger partial charge is 0.294 e. The zero-order valence-corrected chi connectivity index (χ0v) is 24.2. The largest absolute Gasteiger partial charge is 0.344 e. The molecule has 0 saturated carbocycles. The molecule has 0 saturated heterocycles. The third-order valence-corrected chi connectivity index (χ3v) is 8.93. The molecule has 2 aromatic carbocycles. The summed E-state index contributed by atoms with van der Waals surface area (Å²) in [4.78, 5) is 1.84. The topological polar surface area (TPSA) is 112 Å². The van der Waals surface area contributed by atoms with Gasteiger partial charge >= 0.3 is 0 Å². The lowest BCUT2D eigenvalue weighted by Gasteiger charge is -2.28. The molecule has 1 aliphatic heterocycles. The lowest BCUT2D eigenvalue weighted by atomic mass is 9.76. The fourth-order valence-electron chi connectivity index (χ4n) is 4.85. The van der Waals surface area contributed by atoms with Crippen molar-refractivity contribution < 1.29 is 25.9 Å². The van der Waals surface area contributed by atoms with Crippen molar-refractivity contribution in [2.45, 2.75) is 62.2 Å². The molecule has 38 heavy (non-hydrogen) atoms. The van der Waals surface area contributed by atoms with Gasteiger partial charge in [-0.1, -0.05) is 64.6 Å². The highest BCUT2D eigenvalue weighted by molar-refractivity contribution is 7.86. The molecule has 9 heteroatoms. The van der Waals surface area contributed by atoms with Crippen LogP contribution in [0.1, 0.15) is 51.3 Å². The number of nitrogens with zero attached hydrogens (tertiary/aromatic N) is 1. The second-order valence-electron chi connectivity index (χ2n) is 10.4. The number of aryl methyl sites for hydroxylation is 1. The monoisotopic (exact) mass is 557 g/mol. The van der Waals surface area contributed by atoms with Gasteiger partial charge in [-0.2, -0.15) is 16.8 Å². The maximum absolute atomic E-state index is 11.7. The van der Waals surface area contributed by atoms with E-state index >= 15 is 0 Å². The molecule has 0 bridgehead atoms. The molecule has 0 fully saturated rings. The summed E-state index contributed by atoms with van der Waals surface area (Å²) in [7, 11) is -8.62. The van der Waals surface area contributed by atoms with E-state index in [-0.39, 0.29) is 9.79 Å². The van der Waals surface area contributed by atoms with E-state index in [0.717, 1.165) is 33.6 Å². The minimum Gasteiger partial charge on any atom is -0.344 e. The molecule has 3 rings (SSSR count). The van der Waals surface area contributed by atoms with Gasteiger partial charge in [0.15, 0.2) is 0 Å². The van der Waals surface area contributed by atoms with Crippen LogP contribution in [0.3, 0.4) is 0 Å². The molecule has 1 heterocycles. The van der Waals surface area contributed by atoms with Crippen LogP contribution in [-0.4, -0.2) is 32.5 Å². The lowest BCUT2D eigenvalue weighted by molar-refractivity contribution is 0.480. The van der Waals surface area contributed by atoms with Crippen molar-refractivity contribution >= 4 is 25.9 Å². The Bertz CT molecular complexity index is 1580. The average molecular weight is 558 g/mol. The molecular weight excluding hydrogens is 522 g/mol. The van der Waals surface area contributed by atoms with E-state index in [1.807, 2.05) is 71.9 Å². The Kier molecular flexibility index (Phi) is 8.01. The molecule has 7 nitrogen and oxygen atoms in total. The van der Waals surface area contributed by atoms with Gasteiger partial charge in [-0.3, -0.25) is 9.11 Å². The molecule has 2 N–H and O–H groups in total. The van der Waals surface area contributed by atoms with Crippen LogP contribution in [-0.2, 0) is 31.1 Å². The predicted octanol–water partition coefficient (Wildman–Crippen LogP) is 6.14. The van der Waals surface area contributed by atoms with Crippen molar-refractivity contribution in [3.63, 3.8) is 0 Å². The van der Waals surface area contributed by atoms with Crippen molar-refractivity contribution in [1.29, 1.82) is 0 Å². The van der Waals surface area contributed by atoms with Gasteiger partial charge in [0.05, 0.1) is 9.79 Å². The number of rotatable bonds is 8. The first kappa shape index (κ1) is 29.6. The highest BCUT2D eigenvalue weighted by atomic mass is 32.2. The van der Waals surface area contributed by atoms with Crippen LogP contribution >= 0.6 is 0 Å². The van der Waals surface area contributed by atoms with E-state index in [4.69, 9.17) is 0 Å². The Morgan fingerprint density at radius 2 is 1.55 bits per heavy atom. The zero-order chi connectivity index (χ0) is 28.7. The Morgan fingerprint density at radius 3 is 2.13 bits per heavy atom. The summed E-state index contributed by atoms with van der Waals surface area (Å²) < 4.78 is 65.6. The van der Waals surface area contributed by atoms with Crippen molar-refractivity contribution in [2.75, 3.05) is 11.4 Å². The van der Waals surface area contributed by atoms with Crippen LogP contribution in [0.5, 0.6) is 0 Å². The highest BCUT2D eigenvalue weighted by Crippen LogP contribution is 2.48. The summed E-state index contributed by atoms with van der Waals surface area (Å²) in [5.41, 5.74) is 4.03. The van der Waals surface area contributed by atoms with Crippen LogP contribution in [0, 0.1) is 6.92 Å². The van der Waals surface area contributed by atoms with Crippen LogP contribution in [0.4, 0.5) is 5.69 Å². The van der Waals surface area contributed by atoms with Gasteiger partial charge in [0.2, 0.25) is 0 Å². The molecule has 0 atom stereocenters. The average Bonchev–Trinajstić information content (AvgIpc) is 3.02. The van der Waals surface area contributed by atoms with Crippen LogP contribution in [0.15, 0.2) is 94.4 Å². The minimum absolute atomic E-state index is 0.126. The summed E-state index contributed by atoms with van der Waals surface area (Å²) in [5.74, 6) is 0. The number of likely N-dealkylation sites (N-methyl/N-ethyl adjacent to an activating group) is 1. The summed E-state index contributed by atoms with van der Waals surface area (Å²) in [6, 6.07) is 9.20. The van der Waals surface area contributed by atoms with Crippen LogP contribution < -0.4 is 4.90 Å². The fourth-order valence-corrected chi connectivity index (χ4v) is 5.87. The van der Waals surface area contributed by atoms with Crippen LogP contribution in [0.25, 0.3) is 0 Å². The summed E-state index contributed by atoms with van der Waals surface area (Å²) in [6.45, 7) is 16.7. The number of hydrogen-bond acceptors (Lipinski definition) is 5. The van der Waals surface area contributed by atoms with E-state index in [1.54, 1.807) is 12.1 Å². The first-order valence-corrected chi connectivity index (χ1v) is 15.0. The molecule has 1 aliphatic rings. The Labute approximate surface area is 226 Å². The van der Waals surface area contributed by atoms with Gasteiger partial charge in [-0.05, 0) is 72.5 Å². The van der Waals surface area contributed by atoms with Gasteiger partial charge in [0.1, 0.15) is 0 Å². The van der Waals surface area contributed by atoms with E-state index in [2.05, 4.69) is 11.5 Å². The summed E-state index contributed by atoms with van der Waals surface area (Å²) >= 11 is 0. The summed E-state index contributed by atoms with van der Waals surface area (Å²) in [5, 5.41) is 0. The molecule has 0 unspecified atom stereocenters. The first-order chi connectivity index (χ1) is 17.4. The van der Waals surface area contributed by atoms with E-state index < -0.39 is 31.1 Å². The Morgan fingerprint density at radius 1 is 0.974 bits per heavy atom. The third kappa shape index (κ3) is 5.71. The molecule has 2 aromatic rings. The second kappa shape index (κ2) is 10.3. The highest BCUT2D eigenvalue weighted by Gasteiger charge is 2.39. The Hall–Kier alpha value is -2.98. The number of allylic oxidation sites excluding steroid dienone is 7. The van der Waals surface area contributed by atoms with Crippen molar-refractivity contribution in [1.82, 2.24) is 0 Å². The van der Waals surface area contributed by atoms with Crippen LogP contribution in [0.2, 0.25) is 0 Å². The van der Waals surface area contributed by atoms with Crippen molar-refractivity contribution in [2.24, 2.45) is 0 Å². The molecule has 0 aromatic heterocycles. The van der Waals surface area contributed by atoms with E-state index in [9.17, 15) is 25.9 Å². The van der Waals surface area contributed by atoms with Gasteiger partial charge in [-0.25, -0.2) is 0 Å². The molecule has 0 spiro atoms. The van der Waals surface area contributed by atoms with Gasteiger partial charge in [-0.15, -0.1) is 0 Å². The molecule has 0 aliphatic carbocycles. The second-order valence-corrected chi connectivity index (χ2v) is 13.3. The summed E-state index contributed by atoms with van der Waals surface area (Å²) in [6.07, 6.45) is 9.46. The zero-order valence-electron chi connectivity index (χ0n) is 22.6. The maximum atomic E-state index is 11.7. The number of fused-ring (bicyclic) bond motifs is 1. The quantitative estimate of drug-likeness (QED) is 0.296. The van der Waals surface area contributed by atoms with Gasteiger partial charge < -0.3 is 4.90 Å². The number of anilines is 1. The third-order valence-electron chi connectivity index (χ3n) is 7.23. The van der Waals surface area contributed by atoms with Gasteiger partial charge in [0.25, 0.3) is 20.2 Å². The first-order valence-electron chi connectivity index (χ1n) is 12.2. The molecule has 0 radical (unpaired) electrons. The van der Waals surface area contributed by atoms with E-state index in [0.29, 0.717) is 6.54 Å². The maximum Gasteiger partial charge on any atom is 0.294 e. The fraction of sp³-hybridized carbons (Fsp3) is 0.310. The molecule has 204 valence electrons. The van der Waals surface area contributed by atoms with Crippen molar-refractivity contribution in [3.05, 3.63) is 101 Å². The predicted molar refractivity (Wildman–Crippen MR) is 152 cm³/mol. The number of benzene rings is 2. The van der Waals surface area contributed by atoms with Crippen molar-refractivity contribution in [3.8, 4) is 0 Å². The Balaban J connectivity index is 1.86. The standard InChI is InChI=1S/C29H35NO6S2/c1-8-30-26-17-16-23(38(34,35)36)19-25(26)29(6,7)27(30)13-11-9-10-12-21(3)28(4,5)24-18-22(37(31,32)33)15-14-20(24)2/h9-19H,3,8H2,1-2,4-7H3,(H,31,32,33)(H,34,35,36)/b11-9+,12-10+,27-13-.